The van der Waals surface area contributed by atoms with Crippen molar-refractivity contribution in [2.45, 2.75) is 26.4 Å². The average Bonchev–Trinajstić information content (AvgIpc) is 2.78. The number of rotatable bonds is 7. The van der Waals surface area contributed by atoms with Gasteiger partial charge in [0.25, 0.3) is 0 Å². The van der Waals surface area contributed by atoms with E-state index in [-0.39, 0.29) is 47.2 Å². The van der Waals surface area contributed by atoms with Gasteiger partial charge in [0.1, 0.15) is 29.8 Å². The van der Waals surface area contributed by atoms with Crippen LogP contribution in [-0.4, -0.2) is 29.7 Å². The van der Waals surface area contributed by atoms with Crippen LogP contribution in [0, 0.1) is 11.3 Å². The van der Waals surface area contributed by atoms with Crippen LogP contribution in [0.2, 0.25) is 0 Å². The Morgan fingerprint density at radius 3 is 2.59 bits per heavy atom. The molecule has 0 radical (unpaired) electrons. The molecule has 0 spiro atoms. The van der Waals surface area contributed by atoms with Crippen LogP contribution in [0.1, 0.15) is 30.9 Å². The quantitative estimate of drug-likeness (QED) is 0.442. The minimum absolute atomic E-state index is 0.0231. The van der Waals surface area contributed by atoms with Gasteiger partial charge in [-0.15, -0.1) is 0 Å². The maximum Gasteiger partial charge on any atom is 0.492 e. The van der Waals surface area contributed by atoms with Crippen molar-refractivity contribution in [3.05, 3.63) is 82.4 Å². The molecule has 4 N–H and O–H groups in total. The molecule has 1 heterocycles. The van der Waals surface area contributed by atoms with Crippen LogP contribution in [0.4, 0.5) is 0 Å². The van der Waals surface area contributed by atoms with Gasteiger partial charge in [0.05, 0.1) is 18.1 Å². The largest absolute Gasteiger partial charge is 0.492 e. The number of benzene rings is 2. The highest BCUT2D eigenvalue weighted by atomic mass is 16.5. The number of esters is 1. The molecule has 0 bridgehead atoms. The second kappa shape index (κ2) is 10.0. The molecule has 1 unspecified atom stereocenters. The summed E-state index contributed by atoms with van der Waals surface area (Å²) in [4.78, 5) is 12.6. The third-order valence-corrected chi connectivity index (χ3v) is 4.98. The average molecular weight is 434 g/mol. The topological polar surface area (TPSA) is 135 Å². The van der Waals surface area contributed by atoms with E-state index in [4.69, 9.17) is 19.9 Å². The minimum atomic E-state index is -1.84. The Balaban J connectivity index is 2.03. The van der Waals surface area contributed by atoms with Crippen molar-refractivity contribution >= 4 is 18.6 Å². The second-order valence-corrected chi connectivity index (χ2v) is 7.06. The summed E-state index contributed by atoms with van der Waals surface area (Å²) in [6.07, 6.45) is 0. The zero-order valence-electron chi connectivity index (χ0n) is 17.7. The standard InChI is InChI=1S/C23H23BN2O6/c1-3-30-23(27)20-14(2)32-22(26)17(12-25)21(20)16-9-10-19(18(11-16)24(28)29)31-13-15-7-5-4-6-8-15/h4-11,21,28-29H,3,13,26H2,1-2H3. The predicted octanol–water partition coefficient (Wildman–Crippen LogP) is 1.59. The molecule has 1 atom stereocenters. The molecule has 0 amide bonds. The first-order valence-electron chi connectivity index (χ1n) is 9.99. The van der Waals surface area contributed by atoms with Gasteiger partial charge in [-0.1, -0.05) is 42.5 Å². The van der Waals surface area contributed by atoms with Crippen LogP contribution >= 0.6 is 0 Å². The maximum absolute atomic E-state index is 12.6. The van der Waals surface area contributed by atoms with Gasteiger partial charge in [0.15, 0.2) is 0 Å². The Labute approximate surface area is 186 Å². The van der Waals surface area contributed by atoms with Gasteiger partial charge >= 0.3 is 13.1 Å². The Kier molecular flexibility index (Phi) is 7.20. The number of allylic oxidation sites excluding steroid dienone is 2. The lowest BCUT2D eigenvalue weighted by Gasteiger charge is -2.27. The molecule has 1 aliphatic heterocycles. The molecule has 164 valence electrons. The highest BCUT2D eigenvalue weighted by molar-refractivity contribution is 6.59. The lowest BCUT2D eigenvalue weighted by molar-refractivity contribution is -0.139. The lowest BCUT2D eigenvalue weighted by atomic mass is 9.75. The van der Waals surface area contributed by atoms with E-state index in [2.05, 4.69) is 0 Å². The van der Waals surface area contributed by atoms with E-state index < -0.39 is 19.0 Å². The number of hydrogen-bond acceptors (Lipinski definition) is 8. The van der Waals surface area contributed by atoms with Crippen molar-refractivity contribution in [2.75, 3.05) is 6.61 Å². The molecule has 9 heteroatoms. The van der Waals surface area contributed by atoms with Crippen LogP contribution in [0.3, 0.4) is 0 Å². The molecular weight excluding hydrogens is 411 g/mol. The fraction of sp³-hybridized carbons (Fsp3) is 0.217. The summed E-state index contributed by atoms with van der Waals surface area (Å²) in [5.74, 6) is -1.20. The number of nitrogens with zero attached hydrogens (tertiary/aromatic N) is 1. The molecule has 0 saturated heterocycles. The van der Waals surface area contributed by atoms with Crippen LogP contribution < -0.4 is 15.9 Å². The number of carbonyl (C=O) groups excluding carboxylic acids is 1. The van der Waals surface area contributed by atoms with Gasteiger partial charge in [-0.3, -0.25) is 0 Å². The van der Waals surface area contributed by atoms with E-state index in [1.165, 1.54) is 6.07 Å². The van der Waals surface area contributed by atoms with E-state index in [9.17, 15) is 20.1 Å². The number of ether oxygens (including phenoxy) is 3. The summed E-state index contributed by atoms with van der Waals surface area (Å²) in [5, 5.41) is 29.6. The Morgan fingerprint density at radius 1 is 1.25 bits per heavy atom. The fourth-order valence-electron chi connectivity index (χ4n) is 3.50. The van der Waals surface area contributed by atoms with Crippen LogP contribution in [-0.2, 0) is 20.9 Å². The maximum atomic E-state index is 12.6. The smallest absolute Gasteiger partial charge is 0.489 e. The normalized spacial score (nSPS) is 15.7. The Hall–Kier alpha value is -3.74. The van der Waals surface area contributed by atoms with Crippen molar-refractivity contribution < 1.29 is 29.1 Å². The van der Waals surface area contributed by atoms with Crippen LogP contribution in [0.5, 0.6) is 5.75 Å². The number of carbonyl (C=O) groups is 1. The van der Waals surface area contributed by atoms with Crippen molar-refractivity contribution in [3.63, 3.8) is 0 Å². The summed E-state index contributed by atoms with van der Waals surface area (Å²) in [6, 6.07) is 16.1. The summed E-state index contributed by atoms with van der Waals surface area (Å²) < 4.78 is 16.3. The van der Waals surface area contributed by atoms with E-state index in [0.717, 1.165) is 5.56 Å². The van der Waals surface area contributed by atoms with Crippen LogP contribution in [0.25, 0.3) is 0 Å². The second-order valence-electron chi connectivity index (χ2n) is 7.06. The molecule has 2 aromatic rings. The predicted molar refractivity (Wildman–Crippen MR) is 117 cm³/mol. The monoisotopic (exact) mass is 434 g/mol. The van der Waals surface area contributed by atoms with E-state index in [1.54, 1.807) is 26.0 Å². The summed E-state index contributed by atoms with van der Waals surface area (Å²) in [7, 11) is -1.84. The van der Waals surface area contributed by atoms with E-state index in [1.807, 2.05) is 36.4 Å². The van der Waals surface area contributed by atoms with E-state index in [0.29, 0.717) is 5.56 Å². The van der Waals surface area contributed by atoms with Gasteiger partial charge in [0.2, 0.25) is 5.88 Å². The number of hydrogen-bond donors (Lipinski definition) is 3. The first-order valence-corrected chi connectivity index (χ1v) is 9.99. The molecule has 0 aliphatic carbocycles. The molecule has 0 saturated carbocycles. The van der Waals surface area contributed by atoms with Crippen molar-refractivity contribution in [1.29, 1.82) is 5.26 Å². The minimum Gasteiger partial charge on any atom is -0.489 e. The third kappa shape index (κ3) is 4.77. The number of nitriles is 1. The highest BCUT2D eigenvalue weighted by Crippen LogP contribution is 2.39. The summed E-state index contributed by atoms with van der Waals surface area (Å²) in [6.45, 7) is 3.58. The third-order valence-electron chi connectivity index (χ3n) is 4.98. The molecule has 8 nitrogen and oxygen atoms in total. The fourth-order valence-corrected chi connectivity index (χ4v) is 3.50. The van der Waals surface area contributed by atoms with Crippen molar-refractivity contribution in [1.82, 2.24) is 0 Å². The molecule has 32 heavy (non-hydrogen) atoms. The van der Waals surface area contributed by atoms with Crippen LogP contribution in [0.15, 0.2) is 71.3 Å². The molecule has 0 fully saturated rings. The first-order chi connectivity index (χ1) is 15.4. The first kappa shape index (κ1) is 22.9. The van der Waals surface area contributed by atoms with Gasteiger partial charge in [-0.25, -0.2) is 4.79 Å². The zero-order chi connectivity index (χ0) is 23.3. The SMILES string of the molecule is CCOC(=O)C1=C(C)OC(N)=C(C#N)C1c1ccc(OCc2ccccc2)c(B(O)O)c1. The zero-order valence-corrected chi connectivity index (χ0v) is 17.7. The van der Waals surface area contributed by atoms with Gasteiger partial charge in [-0.05, 0) is 31.0 Å². The van der Waals surface area contributed by atoms with Gasteiger partial charge < -0.3 is 30.0 Å². The molecule has 3 rings (SSSR count). The Morgan fingerprint density at radius 2 is 1.97 bits per heavy atom. The van der Waals surface area contributed by atoms with Gasteiger partial charge in [-0.2, -0.15) is 5.26 Å². The van der Waals surface area contributed by atoms with Crippen molar-refractivity contribution in [3.8, 4) is 11.8 Å². The molecule has 0 aromatic heterocycles. The summed E-state index contributed by atoms with van der Waals surface area (Å²) >= 11 is 0. The van der Waals surface area contributed by atoms with E-state index >= 15 is 0 Å². The molecular formula is C23H23BN2O6. The molecule has 1 aliphatic rings. The van der Waals surface area contributed by atoms with Gasteiger partial charge in [0, 0.05) is 5.46 Å². The lowest BCUT2D eigenvalue weighted by Crippen LogP contribution is -2.33. The van der Waals surface area contributed by atoms with Crippen molar-refractivity contribution in [2.24, 2.45) is 5.73 Å². The molecule has 2 aromatic carbocycles. The summed E-state index contributed by atoms with van der Waals surface area (Å²) in [5.41, 5.74) is 7.48. The Bertz CT molecular complexity index is 1110. The highest BCUT2D eigenvalue weighted by Gasteiger charge is 2.37. The number of nitrogens with two attached hydrogens (primary N) is 1.